The Morgan fingerprint density at radius 2 is 2.00 bits per heavy atom. The highest BCUT2D eigenvalue weighted by atomic mass is 35.5. The van der Waals surface area contributed by atoms with Crippen molar-refractivity contribution in [2.24, 2.45) is 0 Å². The second-order valence-electron chi connectivity index (χ2n) is 4.07. The first kappa shape index (κ1) is 13.6. The fraction of sp³-hybridized carbons (Fsp3) is 0.167. The van der Waals surface area contributed by atoms with Crippen molar-refractivity contribution >= 4 is 45.5 Å². The van der Waals surface area contributed by atoms with Crippen molar-refractivity contribution in [2.45, 2.75) is 0 Å². The van der Waals surface area contributed by atoms with Crippen molar-refractivity contribution < 1.29 is 4.79 Å². The zero-order valence-corrected chi connectivity index (χ0v) is 12.0. The minimum absolute atomic E-state index is 0.236. The molecule has 0 saturated carbocycles. The first-order chi connectivity index (χ1) is 8.97. The Hall–Kier alpha value is -1.79. The molecule has 0 spiro atoms. The maximum absolute atomic E-state index is 12.1. The Morgan fingerprint density at radius 3 is 2.53 bits per heavy atom. The van der Waals surface area contributed by atoms with Crippen LogP contribution in [0.2, 0.25) is 5.02 Å². The second kappa shape index (κ2) is 5.46. The molecule has 1 amide bonds. The molecule has 19 heavy (non-hydrogen) atoms. The van der Waals surface area contributed by atoms with Gasteiger partial charge in [0.25, 0.3) is 5.91 Å². The van der Waals surface area contributed by atoms with Crippen molar-refractivity contribution in [2.75, 3.05) is 30.0 Å². The van der Waals surface area contributed by atoms with Gasteiger partial charge in [-0.2, -0.15) is 0 Å². The van der Waals surface area contributed by atoms with Crippen LogP contribution in [0.3, 0.4) is 0 Å². The summed E-state index contributed by atoms with van der Waals surface area (Å²) < 4.78 is 0. The average molecular weight is 297 g/mol. The minimum atomic E-state index is -0.273. The van der Waals surface area contributed by atoms with Gasteiger partial charge in [-0.1, -0.05) is 22.9 Å². The van der Waals surface area contributed by atoms with Gasteiger partial charge in [0.05, 0.1) is 0 Å². The van der Waals surface area contributed by atoms with E-state index in [2.05, 4.69) is 10.3 Å². The number of carbonyl (C=O) groups is 1. The van der Waals surface area contributed by atoms with E-state index in [4.69, 9.17) is 17.3 Å². The maximum atomic E-state index is 12.1. The SMILES string of the molecule is CN(C)c1nc(N)c(C(=O)Nc2ccc(Cl)cc2)s1. The molecule has 2 aromatic rings. The summed E-state index contributed by atoms with van der Waals surface area (Å²) in [7, 11) is 3.69. The minimum Gasteiger partial charge on any atom is -0.382 e. The van der Waals surface area contributed by atoms with Gasteiger partial charge in [0.1, 0.15) is 10.7 Å². The molecule has 0 bridgehead atoms. The van der Waals surface area contributed by atoms with Crippen LogP contribution >= 0.6 is 22.9 Å². The number of hydrogen-bond donors (Lipinski definition) is 2. The summed E-state index contributed by atoms with van der Waals surface area (Å²) in [4.78, 5) is 18.4. The summed E-state index contributed by atoms with van der Waals surface area (Å²) in [6.07, 6.45) is 0. The molecule has 0 aliphatic carbocycles. The molecule has 0 atom stereocenters. The van der Waals surface area contributed by atoms with E-state index in [-0.39, 0.29) is 11.7 Å². The largest absolute Gasteiger partial charge is 0.382 e. The first-order valence-corrected chi connectivity index (χ1v) is 6.67. The topological polar surface area (TPSA) is 71.2 Å². The third-order valence-corrected chi connectivity index (χ3v) is 3.82. The quantitative estimate of drug-likeness (QED) is 0.913. The number of halogens is 1. The van der Waals surface area contributed by atoms with Crippen LogP contribution in [0.1, 0.15) is 9.67 Å². The van der Waals surface area contributed by atoms with E-state index in [0.29, 0.717) is 20.7 Å². The number of amides is 1. The monoisotopic (exact) mass is 296 g/mol. The highest BCUT2D eigenvalue weighted by Crippen LogP contribution is 2.27. The van der Waals surface area contributed by atoms with E-state index < -0.39 is 0 Å². The van der Waals surface area contributed by atoms with Crippen molar-refractivity contribution in [3.8, 4) is 0 Å². The van der Waals surface area contributed by atoms with Crippen molar-refractivity contribution in [3.05, 3.63) is 34.2 Å². The summed E-state index contributed by atoms with van der Waals surface area (Å²) in [5.74, 6) is -0.0365. The lowest BCUT2D eigenvalue weighted by molar-refractivity contribution is 0.103. The van der Waals surface area contributed by atoms with Gasteiger partial charge in [-0.05, 0) is 24.3 Å². The molecule has 0 radical (unpaired) electrons. The van der Waals surface area contributed by atoms with Crippen LogP contribution in [-0.2, 0) is 0 Å². The number of thiazole rings is 1. The van der Waals surface area contributed by atoms with Crippen LogP contribution < -0.4 is 16.0 Å². The molecule has 0 unspecified atom stereocenters. The lowest BCUT2D eigenvalue weighted by Gasteiger charge is -2.05. The van der Waals surface area contributed by atoms with Gasteiger partial charge in [-0.15, -0.1) is 0 Å². The molecular weight excluding hydrogens is 284 g/mol. The normalized spacial score (nSPS) is 10.3. The Bertz CT molecular complexity index is 594. The lowest BCUT2D eigenvalue weighted by Crippen LogP contribution is -2.12. The molecule has 7 heteroatoms. The predicted molar refractivity (Wildman–Crippen MR) is 80.3 cm³/mol. The number of aromatic nitrogens is 1. The molecule has 0 fully saturated rings. The number of carbonyl (C=O) groups excluding carboxylic acids is 1. The molecular formula is C12H13ClN4OS. The van der Waals surface area contributed by atoms with Gasteiger partial charge < -0.3 is 16.0 Å². The van der Waals surface area contributed by atoms with Crippen molar-refractivity contribution in [1.82, 2.24) is 4.98 Å². The standard InChI is InChI=1S/C12H13ClN4OS/c1-17(2)12-16-10(14)9(19-12)11(18)15-8-5-3-7(13)4-6-8/h3-6H,14H2,1-2H3,(H,15,18). The van der Waals surface area contributed by atoms with E-state index >= 15 is 0 Å². The highest BCUT2D eigenvalue weighted by molar-refractivity contribution is 7.18. The van der Waals surface area contributed by atoms with E-state index in [0.717, 1.165) is 0 Å². The Labute approximate surface area is 120 Å². The third-order valence-electron chi connectivity index (χ3n) is 2.33. The van der Waals surface area contributed by atoms with Crippen molar-refractivity contribution in [1.29, 1.82) is 0 Å². The fourth-order valence-electron chi connectivity index (χ4n) is 1.40. The number of hydrogen-bond acceptors (Lipinski definition) is 5. The zero-order chi connectivity index (χ0) is 14.0. The van der Waals surface area contributed by atoms with Crippen LogP contribution in [0.5, 0.6) is 0 Å². The molecule has 0 aliphatic heterocycles. The van der Waals surface area contributed by atoms with Gasteiger partial charge >= 0.3 is 0 Å². The van der Waals surface area contributed by atoms with Crippen LogP contribution in [0.4, 0.5) is 16.6 Å². The van der Waals surface area contributed by atoms with E-state index in [9.17, 15) is 4.79 Å². The van der Waals surface area contributed by atoms with Gasteiger partial charge in [-0.3, -0.25) is 4.79 Å². The van der Waals surface area contributed by atoms with Crippen LogP contribution in [0.15, 0.2) is 24.3 Å². The van der Waals surface area contributed by atoms with Gasteiger partial charge in [-0.25, -0.2) is 4.98 Å². The molecule has 1 heterocycles. The van der Waals surface area contributed by atoms with Crippen LogP contribution in [0, 0.1) is 0 Å². The third kappa shape index (κ3) is 3.15. The van der Waals surface area contributed by atoms with Gasteiger partial charge in [0, 0.05) is 24.8 Å². The van der Waals surface area contributed by atoms with Crippen LogP contribution in [0.25, 0.3) is 0 Å². The first-order valence-electron chi connectivity index (χ1n) is 5.48. The fourth-order valence-corrected chi connectivity index (χ4v) is 2.32. The number of rotatable bonds is 3. The summed E-state index contributed by atoms with van der Waals surface area (Å²) in [6.45, 7) is 0. The summed E-state index contributed by atoms with van der Waals surface area (Å²) in [6, 6.07) is 6.87. The predicted octanol–water partition coefficient (Wildman–Crippen LogP) is 2.70. The van der Waals surface area contributed by atoms with Gasteiger partial charge in [0.15, 0.2) is 5.13 Å². The van der Waals surface area contributed by atoms with Crippen LogP contribution in [-0.4, -0.2) is 25.0 Å². The number of nitrogens with two attached hydrogens (primary N) is 1. The molecule has 2 rings (SSSR count). The Balaban J connectivity index is 2.18. The molecule has 1 aromatic carbocycles. The smallest absolute Gasteiger partial charge is 0.269 e. The number of nitrogen functional groups attached to an aromatic ring is 1. The summed E-state index contributed by atoms with van der Waals surface area (Å²) in [5, 5.41) is 4.06. The van der Waals surface area contributed by atoms with Gasteiger partial charge in [0.2, 0.25) is 0 Å². The number of anilines is 3. The van der Waals surface area contributed by atoms with E-state index in [1.165, 1.54) is 11.3 Å². The number of benzene rings is 1. The molecule has 100 valence electrons. The number of nitrogens with one attached hydrogen (secondary N) is 1. The average Bonchev–Trinajstić information content (AvgIpc) is 2.74. The lowest BCUT2D eigenvalue weighted by atomic mass is 10.3. The molecule has 0 saturated heterocycles. The van der Waals surface area contributed by atoms with E-state index in [1.807, 2.05) is 14.1 Å². The highest BCUT2D eigenvalue weighted by Gasteiger charge is 2.17. The maximum Gasteiger partial charge on any atom is 0.269 e. The Kier molecular flexibility index (Phi) is 3.92. The zero-order valence-electron chi connectivity index (χ0n) is 10.5. The molecule has 1 aromatic heterocycles. The van der Waals surface area contributed by atoms with E-state index in [1.54, 1.807) is 29.2 Å². The molecule has 3 N–H and O–H groups in total. The molecule has 0 aliphatic rings. The molecule has 5 nitrogen and oxygen atoms in total. The number of nitrogens with zero attached hydrogens (tertiary/aromatic N) is 2. The van der Waals surface area contributed by atoms with Crippen molar-refractivity contribution in [3.63, 3.8) is 0 Å². The summed E-state index contributed by atoms with van der Waals surface area (Å²) >= 11 is 7.03. The summed E-state index contributed by atoms with van der Waals surface area (Å²) in [5.41, 5.74) is 6.41. The Morgan fingerprint density at radius 1 is 1.37 bits per heavy atom. The second-order valence-corrected chi connectivity index (χ2v) is 5.48.